The Morgan fingerprint density at radius 3 is 1.56 bits per heavy atom. The molecule has 0 aromatic carbocycles. The Morgan fingerprint density at radius 2 is 1.56 bits per heavy atom. The fraction of sp³-hybridized carbons (Fsp3) is 0.556. The second-order valence-electron chi connectivity index (χ2n) is 2.18. The van der Waals surface area contributed by atoms with Crippen LogP contribution in [0.1, 0.15) is 27.7 Å². The topological polar surface area (TPSA) is 0 Å². The number of allylic oxidation sites excluding steroid dienone is 3. The van der Waals surface area contributed by atoms with Crippen LogP contribution in [0.4, 0.5) is 0 Å². The van der Waals surface area contributed by atoms with Crippen molar-refractivity contribution < 1.29 is 0 Å². The Labute approximate surface area is 59.3 Å². The van der Waals surface area contributed by atoms with Crippen LogP contribution in [0.2, 0.25) is 0 Å². The van der Waals surface area contributed by atoms with E-state index in [9.17, 15) is 0 Å². The first kappa shape index (κ1) is 11.3. The lowest BCUT2D eigenvalue weighted by molar-refractivity contribution is 0.830. The van der Waals surface area contributed by atoms with Gasteiger partial charge in [-0.3, -0.25) is 0 Å². The first-order valence-electron chi connectivity index (χ1n) is 3.38. The third kappa shape index (κ3) is 36.5. The fourth-order valence-electron chi connectivity index (χ4n) is 0.385. The van der Waals surface area contributed by atoms with Crippen molar-refractivity contribution in [3.8, 4) is 0 Å². The molecule has 0 aliphatic rings. The molecule has 0 aromatic rings. The molecule has 0 nitrogen and oxygen atoms in total. The molecule has 0 aromatic heterocycles. The Morgan fingerprint density at radius 1 is 1.22 bits per heavy atom. The van der Waals surface area contributed by atoms with Crippen LogP contribution in [-0.4, -0.2) is 0 Å². The molecule has 0 amide bonds. The molecule has 0 N–H and O–H groups in total. The summed E-state index contributed by atoms with van der Waals surface area (Å²) in [7, 11) is 0. The smallest absolute Gasteiger partial charge is 0.0291 e. The minimum atomic E-state index is 0.718. The normalized spacial score (nSPS) is 9.00. The minimum absolute atomic E-state index is 0.718. The molecule has 0 atom stereocenters. The van der Waals surface area contributed by atoms with Gasteiger partial charge < -0.3 is 0 Å². The first-order valence-corrected chi connectivity index (χ1v) is 3.38. The van der Waals surface area contributed by atoms with E-state index in [1.165, 1.54) is 0 Å². The maximum atomic E-state index is 3.36. The molecular formula is C9H18. The summed E-state index contributed by atoms with van der Waals surface area (Å²) in [5.74, 6) is 0.718. The standard InChI is InChI=1S/C6H12.C3H6/c1-4-5-6(2)3;1-3-2/h4-6H,1-3H3;3H,1H2,2H3. The summed E-state index contributed by atoms with van der Waals surface area (Å²) in [6.07, 6.45) is 5.99. The predicted molar refractivity (Wildman–Crippen MR) is 45.5 cm³/mol. The third-order valence-corrected chi connectivity index (χ3v) is 0.577. The predicted octanol–water partition coefficient (Wildman–Crippen LogP) is 3.41. The van der Waals surface area contributed by atoms with Crippen LogP contribution < -0.4 is 0 Å². The summed E-state index contributed by atoms with van der Waals surface area (Å²) in [5.41, 5.74) is 0. The van der Waals surface area contributed by atoms with Crippen LogP contribution in [0.15, 0.2) is 24.8 Å². The van der Waals surface area contributed by atoms with Crippen LogP contribution in [0.3, 0.4) is 0 Å². The van der Waals surface area contributed by atoms with E-state index >= 15 is 0 Å². The summed E-state index contributed by atoms with van der Waals surface area (Å²) >= 11 is 0. The van der Waals surface area contributed by atoms with Crippen molar-refractivity contribution in [3.63, 3.8) is 0 Å². The van der Waals surface area contributed by atoms with E-state index < -0.39 is 0 Å². The molecule has 0 spiro atoms. The van der Waals surface area contributed by atoms with E-state index in [0.717, 1.165) is 5.92 Å². The molecule has 0 heterocycles. The van der Waals surface area contributed by atoms with Gasteiger partial charge in [0, 0.05) is 0 Å². The van der Waals surface area contributed by atoms with Crippen molar-refractivity contribution in [2.24, 2.45) is 5.92 Å². The first-order chi connectivity index (χ1) is 4.18. The zero-order valence-corrected chi connectivity index (χ0v) is 7.02. The molecule has 0 heteroatoms. The summed E-state index contributed by atoms with van der Waals surface area (Å²) in [6.45, 7) is 11.6. The van der Waals surface area contributed by atoms with Gasteiger partial charge in [-0.2, -0.15) is 0 Å². The van der Waals surface area contributed by atoms with Crippen LogP contribution in [0.5, 0.6) is 0 Å². The summed E-state index contributed by atoms with van der Waals surface area (Å²) in [4.78, 5) is 0. The van der Waals surface area contributed by atoms with Gasteiger partial charge in [-0.05, 0) is 19.8 Å². The van der Waals surface area contributed by atoms with Crippen molar-refractivity contribution in [1.82, 2.24) is 0 Å². The highest BCUT2D eigenvalue weighted by molar-refractivity contribution is 4.79. The van der Waals surface area contributed by atoms with Gasteiger partial charge in [0.25, 0.3) is 0 Å². The Hall–Kier alpha value is -0.520. The quantitative estimate of drug-likeness (QED) is 0.472. The maximum absolute atomic E-state index is 3.36. The lowest BCUT2D eigenvalue weighted by Crippen LogP contribution is -1.73. The van der Waals surface area contributed by atoms with E-state index in [4.69, 9.17) is 0 Å². The number of hydrogen-bond acceptors (Lipinski definition) is 0. The minimum Gasteiger partial charge on any atom is -0.103 e. The molecule has 0 radical (unpaired) electrons. The van der Waals surface area contributed by atoms with Gasteiger partial charge in [-0.15, -0.1) is 6.58 Å². The van der Waals surface area contributed by atoms with Gasteiger partial charge in [0.15, 0.2) is 0 Å². The average Bonchev–Trinajstić information content (AvgIpc) is 1.67. The second kappa shape index (κ2) is 10.5. The molecule has 0 unspecified atom stereocenters. The molecule has 54 valence electrons. The van der Waals surface area contributed by atoms with Gasteiger partial charge in [-0.1, -0.05) is 32.1 Å². The fourth-order valence-corrected chi connectivity index (χ4v) is 0.385. The maximum Gasteiger partial charge on any atom is -0.0291 e. The zero-order chi connectivity index (χ0) is 7.70. The van der Waals surface area contributed by atoms with E-state index in [-0.39, 0.29) is 0 Å². The molecule has 0 rings (SSSR count). The molecule has 0 bridgehead atoms. The SMILES string of the molecule is C=CC.CC=CC(C)C. The van der Waals surface area contributed by atoms with Crippen molar-refractivity contribution in [2.75, 3.05) is 0 Å². The highest BCUT2D eigenvalue weighted by atomic mass is 13.8. The molecule has 9 heavy (non-hydrogen) atoms. The van der Waals surface area contributed by atoms with E-state index in [1.54, 1.807) is 6.08 Å². The van der Waals surface area contributed by atoms with Gasteiger partial charge >= 0.3 is 0 Å². The van der Waals surface area contributed by atoms with Crippen molar-refractivity contribution in [2.45, 2.75) is 27.7 Å². The zero-order valence-electron chi connectivity index (χ0n) is 7.02. The molecule has 0 saturated carbocycles. The highest BCUT2D eigenvalue weighted by Crippen LogP contribution is 1.90. The largest absolute Gasteiger partial charge is 0.103 e. The van der Waals surface area contributed by atoms with E-state index in [2.05, 4.69) is 32.6 Å². The molecular weight excluding hydrogens is 108 g/mol. The molecule has 0 aliphatic heterocycles. The highest BCUT2D eigenvalue weighted by Gasteiger charge is 1.76. The monoisotopic (exact) mass is 126 g/mol. The molecule has 0 saturated heterocycles. The van der Waals surface area contributed by atoms with Gasteiger partial charge in [-0.25, -0.2) is 0 Å². The van der Waals surface area contributed by atoms with E-state index in [0.29, 0.717) is 0 Å². The van der Waals surface area contributed by atoms with Gasteiger partial charge in [0.1, 0.15) is 0 Å². The summed E-state index contributed by atoms with van der Waals surface area (Å²) in [5, 5.41) is 0. The van der Waals surface area contributed by atoms with E-state index in [1.807, 2.05) is 13.8 Å². The number of rotatable bonds is 1. The van der Waals surface area contributed by atoms with Crippen molar-refractivity contribution >= 4 is 0 Å². The lowest BCUT2D eigenvalue weighted by atomic mass is 10.2. The Bertz CT molecular complexity index is 68.1. The van der Waals surface area contributed by atoms with Gasteiger partial charge in [0.05, 0.1) is 0 Å². The lowest BCUT2D eigenvalue weighted by Gasteiger charge is -1.86. The van der Waals surface area contributed by atoms with Gasteiger partial charge in [0.2, 0.25) is 0 Å². The molecule has 0 fully saturated rings. The van der Waals surface area contributed by atoms with Crippen LogP contribution in [0.25, 0.3) is 0 Å². The number of hydrogen-bond donors (Lipinski definition) is 0. The van der Waals surface area contributed by atoms with Crippen LogP contribution in [0, 0.1) is 5.92 Å². The van der Waals surface area contributed by atoms with Crippen LogP contribution >= 0.6 is 0 Å². The van der Waals surface area contributed by atoms with Crippen molar-refractivity contribution in [3.05, 3.63) is 24.8 Å². The Balaban J connectivity index is 0. The summed E-state index contributed by atoms with van der Waals surface area (Å²) < 4.78 is 0. The average molecular weight is 126 g/mol. The molecule has 0 aliphatic carbocycles. The van der Waals surface area contributed by atoms with Crippen molar-refractivity contribution in [1.29, 1.82) is 0 Å². The summed E-state index contributed by atoms with van der Waals surface area (Å²) in [6, 6.07) is 0. The third-order valence-electron chi connectivity index (χ3n) is 0.577. The van der Waals surface area contributed by atoms with Crippen LogP contribution in [-0.2, 0) is 0 Å². The second-order valence-corrected chi connectivity index (χ2v) is 2.18. The Kier molecular flexibility index (Phi) is 13.1.